The zero-order valence-corrected chi connectivity index (χ0v) is 10.8. The van der Waals surface area contributed by atoms with Gasteiger partial charge in [-0.15, -0.1) is 0 Å². The van der Waals surface area contributed by atoms with Gasteiger partial charge in [-0.1, -0.05) is 0 Å². The molecule has 0 atom stereocenters. The van der Waals surface area contributed by atoms with Crippen LogP contribution >= 0.6 is 0 Å². The van der Waals surface area contributed by atoms with Crippen LogP contribution in [-0.4, -0.2) is 23.4 Å². The molecule has 0 aliphatic rings. The van der Waals surface area contributed by atoms with E-state index in [4.69, 9.17) is 29.7 Å². The number of carboxylic acid groups (broad SMARTS) is 3. The molecule has 0 fully saturated rings. The van der Waals surface area contributed by atoms with E-state index in [0.717, 1.165) is 20.8 Å². The van der Waals surface area contributed by atoms with E-state index in [-0.39, 0.29) is 45.9 Å². The maximum Gasteiger partial charge on any atom is 0.0383 e. The minimum atomic E-state index is -1.08. The third kappa shape index (κ3) is 15700. The van der Waals surface area contributed by atoms with Gasteiger partial charge >= 0.3 is 0 Å². The molecule has 0 saturated heterocycles. The fourth-order valence-electron chi connectivity index (χ4n) is 0. The van der Waals surface area contributed by atoms with E-state index < -0.39 is 17.9 Å². The number of rotatable bonds is 0. The third-order valence-electron chi connectivity index (χ3n) is 0. The fraction of sp³-hybridized carbons (Fsp3) is 0.500. The van der Waals surface area contributed by atoms with E-state index in [1.807, 2.05) is 0 Å². The first-order valence-corrected chi connectivity index (χ1v) is 2.72. The van der Waals surface area contributed by atoms with Crippen molar-refractivity contribution in [1.82, 2.24) is 0 Å². The van der Waals surface area contributed by atoms with E-state index in [0.29, 0.717) is 0 Å². The molecule has 0 unspecified atom stereocenters. The molecule has 14 heavy (non-hydrogen) atoms. The van der Waals surface area contributed by atoms with Crippen LogP contribution in [0.1, 0.15) is 20.8 Å². The molecule has 0 aliphatic heterocycles. The Kier molecular flexibility index (Phi) is 47.9. The van der Waals surface area contributed by atoms with Crippen molar-refractivity contribution in [2.75, 3.05) is 0 Å². The molecule has 0 amide bonds. The summed E-state index contributed by atoms with van der Waals surface area (Å²) in [6, 6.07) is 0. The molecule has 1 radical (unpaired) electrons. The molecule has 0 saturated carbocycles. The Bertz CT molecular complexity index is 116. The molecule has 0 spiro atoms. The molecule has 0 bridgehead atoms. The van der Waals surface area contributed by atoms with Crippen molar-refractivity contribution in [3.05, 3.63) is 0 Å². The smallest absolute Gasteiger partial charge is 0.0383 e. The van der Waals surface area contributed by atoms with Gasteiger partial charge in [-0.25, -0.2) is 0 Å². The van der Waals surface area contributed by atoms with Crippen LogP contribution in [0.3, 0.4) is 0 Å². The fourth-order valence-corrected chi connectivity index (χ4v) is 0. The Balaban J connectivity index is -0.0000000270. The average Bonchev–Trinajstić information content (AvgIpc) is 1.54. The maximum absolute atomic E-state index is 8.89. The SMILES string of the molecule is CC(=O)[O-].CC(=O)[O-].CC(=O)[O-].O.[Pm]. The quantitative estimate of drug-likeness (QED) is 0.433. The first-order valence-electron chi connectivity index (χ1n) is 2.72. The molecular weight excluding hydrogens is 329 g/mol. The van der Waals surface area contributed by atoms with Crippen molar-refractivity contribution < 1.29 is 75.6 Å². The van der Waals surface area contributed by atoms with E-state index in [1.54, 1.807) is 0 Å². The Labute approximate surface area is 114 Å². The van der Waals surface area contributed by atoms with Gasteiger partial charge in [0.25, 0.3) is 0 Å². The van der Waals surface area contributed by atoms with Gasteiger partial charge < -0.3 is 35.2 Å². The number of hydrogen-bond acceptors (Lipinski definition) is 6. The van der Waals surface area contributed by atoms with E-state index in [9.17, 15) is 0 Å². The molecule has 0 aromatic carbocycles. The molecule has 7 nitrogen and oxygen atoms in total. The van der Waals surface area contributed by atoms with Crippen LogP contribution in [0, 0.1) is 40.4 Å². The zero-order valence-electron chi connectivity index (χ0n) is 7.90. The summed E-state index contributed by atoms with van der Waals surface area (Å²) < 4.78 is 0. The Morgan fingerprint density at radius 3 is 0.714 bits per heavy atom. The molecular formula is C6H11O7Pm-3. The number of carbonyl (C=O) groups excluding carboxylic acids is 3. The zero-order chi connectivity index (χ0) is 10.7. The number of carbonyl (C=O) groups is 3. The largest absolute Gasteiger partial charge is 0.550 e. The van der Waals surface area contributed by atoms with Crippen LogP contribution in [0.5, 0.6) is 0 Å². The summed E-state index contributed by atoms with van der Waals surface area (Å²) in [5, 5.41) is 26.7. The van der Waals surface area contributed by atoms with Crippen LogP contribution in [-0.2, 0) is 14.4 Å². The second-order valence-electron chi connectivity index (χ2n) is 1.47. The third-order valence-corrected chi connectivity index (χ3v) is 0. The minimum Gasteiger partial charge on any atom is -0.550 e. The summed E-state index contributed by atoms with van der Waals surface area (Å²) in [5.41, 5.74) is 0. The number of hydrogen-bond donors (Lipinski definition) is 0. The van der Waals surface area contributed by atoms with Crippen molar-refractivity contribution in [3.8, 4) is 0 Å². The van der Waals surface area contributed by atoms with Gasteiger partial charge in [0, 0.05) is 58.3 Å². The second-order valence-corrected chi connectivity index (χ2v) is 1.47. The number of aliphatic carboxylic acids is 3. The summed E-state index contributed by atoms with van der Waals surface area (Å²) in [6.45, 7) is 2.92. The van der Waals surface area contributed by atoms with Crippen molar-refractivity contribution in [1.29, 1.82) is 0 Å². The van der Waals surface area contributed by atoms with Crippen molar-refractivity contribution in [2.24, 2.45) is 0 Å². The summed E-state index contributed by atoms with van der Waals surface area (Å²) in [4.78, 5) is 26.7. The van der Waals surface area contributed by atoms with Crippen LogP contribution in [0.15, 0.2) is 0 Å². The predicted octanol–water partition coefficient (Wildman–Crippen LogP) is -4.56. The van der Waals surface area contributed by atoms with Crippen molar-refractivity contribution in [3.63, 3.8) is 0 Å². The molecule has 85 valence electrons. The summed E-state index contributed by atoms with van der Waals surface area (Å²) in [5.74, 6) is -3.25. The Morgan fingerprint density at radius 2 is 0.714 bits per heavy atom. The average molecular weight is 340 g/mol. The van der Waals surface area contributed by atoms with Gasteiger partial charge in [0.05, 0.1) is 0 Å². The van der Waals surface area contributed by atoms with Gasteiger partial charge in [-0.2, -0.15) is 0 Å². The van der Waals surface area contributed by atoms with Gasteiger partial charge in [-0.05, 0) is 20.8 Å². The first-order chi connectivity index (χ1) is 5.20. The van der Waals surface area contributed by atoms with Crippen LogP contribution in [0.4, 0.5) is 0 Å². The monoisotopic (exact) mass is 340 g/mol. The summed E-state index contributed by atoms with van der Waals surface area (Å²) in [6.07, 6.45) is 0. The van der Waals surface area contributed by atoms with Crippen molar-refractivity contribution >= 4 is 17.9 Å². The van der Waals surface area contributed by atoms with E-state index in [2.05, 4.69) is 0 Å². The van der Waals surface area contributed by atoms with Crippen molar-refractivity contribution in [2.45, 2.75) is 20.8 Å². The summed E-state index contributed by atoms with van der Waals surface area (Å²) in [7, 11) is 0. The first kappa shape index (κ1) is 29.2. The van der Waals surface area contributed by atoms with E-state index >= 15 is 0 Å². The summed E-state index contributed by atoms with van der Waals surface area (Å²) >= 11 is 0. The van der Waals surface area contributed by atoms with Crippen LogP contribution in [0.2, 0.25) is 0 Å². The minimum absolute atomic E-state index is 0. The standard InChI is InChI=1S/3C2H4O2.H2O.Pm/c3*1-2(3)4;;/h3*1H3,(H,3,4);1H2;/p-3. The molecule has 0 rings (SSSR count). The molecule has 0 aliphatic carbocycles. The van der Waals surface area contributed by atoms with Gasteiger partial charge in [0.15, 0.2) is 0 Å². The van der Waals surface area contributed by atoms with Crippen LogP contribution in [0.25, 0.3) is 0 Å². The topological polar surface area (TPSA) is 152 Å². The second kappa shape index (κ2) is 23.0. The van der Waals surface area contributed by atoms with Gasteiger partial charge in [0.2, 0.25) is 0 Å². The van der Waals surface area contributed by atoms with Gasteiger partial charge in [-0.3, -0.25) is 0 Å². The maximum atomic E-state index is 8.89. The normalized spacial score (nSPS) is 5.36. The van der Waals surface area contributed by atoms with Gasteiger partial charge in [0.1, 0.15) is 0 Å². The van der Waals surface area contributed by atoms with E-state index in [1.165, 1.54) is 0 Å². The van der Waals surface area contributed by atoms with Crippen LogP contribution < -0.4 is 15.3 Å². The molecule has 0 aromatic rings. The predicted molar refractivity (Wildman–Crippen MR) is 35.7 cm³/mol. The molecule has 0 aromatic heterocycles. The Hall–Kier alpha value is -0.292. The number of carboxylic acids is 3. The molecule has 2 N–H and O–H groups in total. The Morgan fingerprint density at radius 1 is 0.714 bits per heavy atom. The molecule has 0 heterocycles. The molecule has 8 heteroatoms.